The fraction of sp³-hybridized carbons (Fsp3) is 0.706. The Hall–Kier alpha value is -1.63. The molecule has 1 fully saturated rings. The van der Waals surface area contributed by atoms with Gasteiger partial charge in [0.05, 0.1) is 18.6 Å². The summed E-state index contributed by atoms with van der Waals surface area (Å²) in [6, 6.07) is 0.201. The number of carbonyl (C=O) groups is 1. The van der Waals surface area contributed by atoms with E-state index >= 15 is 0 Å². The Morgan fingerprint density at radius 2 is 2.21 bits per heavy atom. The van der Waals surface area contributed by atoms with Gasteiger partial charge in [-0.2, -0.15) is 0 Å². The zero-order chi connectivity index (χ0) is 17.9. The van der Waals surface area contributed by atoms with E-state index in [9.17, 15) is 4.79 Å². The summed E-state index contributed by atoms with van der Waals surface area (Å²) in [5.74, 6) is 0.937. The minimum Gasteiger partial charge on any atom is -0.356 e. The molecule has 6 nitrogen and oxygen atoms in total. The Morgan fingerprint density at radius 3 is 2.71 bits per heavy atom. The summed E-state index contributed by atoms with van der Waals surface area (Å²) in [6.45, 7) is 14.8. The van der Waals surface area contributed by atoms with Gasteiger partial charge in [-0.25, -0.2) is 9.98 Å². The molecule has 0 unspecified atom stereocenters. The predicted octanol–water partition coefficient (Wildman–Crippen LogP) is 2.25. The van der Waals surface area contributed by atoms with Gasteiger partial charge < -0.3 is 15.1 Å². The minimum absolute atomic E-state index is 0.150. The summed E-state index contributed by atoms with van der Waals surface area (Å²) < 4.78 is 0. The molecule has 0 atom stereocenters. The number of piperazine rings is 1. The highest BCUT2D eigenvalue weighted by atomic mass is 32.1. The number of guanidine groups is 1. The molecule has 0 spiro atoms. The molecule has 1 aliphatic heterocycles. The molecule has 0 aromatic carbocycles. The smallest absolute Gasteiger partial charge is 0.242 e. The third-order valence-electron chi connectivity index (χ3n) is 4.01. The van der Waals surface area contributed by atoms with Gasteiger partial charge in [-0.15, -0.1) is 11.3 Å². The number of rotatable bonds is 4. The number of hydrogen-bond acceptors (Lipinski definition) is 4. The Bertz CT molecular complexity index is 608. The first kappa shape index (κ1) is 18.7. The molecule has 2 heterocycles. The maximum absolute atomic E-state index is 12.6. The van der Waals surface area contributed by atoms with E-state index in [4.69, 9.17) is 4.99 Å². The zero-order valence-corrected chi connectivity index (χ0v) is 16.4. The normalized spacial score (nSPS) is 18.5. The molecule has 1 amide bonds. The first-order chi connectivity index (χ1) is 11.2. The van der Waals surface area contributed by atoms with Gasteiger partial charge in [0.25, 0.3) is 0 Å². The zero-order valence-electron chi connectivity index (χ0n) is 15.6. The van der Waals surface area contributed by atoms with Gasteiger partial charge in [-0.3, -0.25) is 4.79 Å². The number of nitrogens with one attached hydrogen (secondary N) is 1. The summed E-state index contributed by atoms with van der Waals surface area (Å²) in [5, 5.41) is 6.34. The van der Waals surface area contributed by atoms with E-state index in [1.54, 1.807) is 11.3 Å². The van der Waals surface area contributed by atoms with E-state index in [1.165, 1.54) is 0 Å². The first-order valence-electron chi connectivity index (χ1n) is 8.51. The van der Waals surface area contributed by atoms with Crippen LogP contribution in [0.2, 0.25) is 0 Å². The summed E-state index contributed by atoms with van der Waals surface area (Å²) >= 11 is 1.62. The molecule has 0 aliphatic carbocycles. The summed E-state index contributed by atoms with van der Waals surface area (Å²) in [7, 11) is 0. The Kier molecular flexibility index (Phi) is 5.85. The van der Waals surface area contributed by atoms with Crippen LogP contribution < -0.4 is 5.32 Å². The maximum atomic E-state index is 12.6. The molecule has 0 radical (unpaired) electrons. The van der Waals surface area contributed by atoms with Crippen molar-refractivity contribution in [3.8, 4) is 0 Å². The van der Waals surface area contributed by atoms with Crippen molar-refractivity contribution in [2.45, 2.75) is 59.7 Å². The second-order valence-electron chi connectivity index (χ2n) is 7.08. The molecular formula is C17H29N5OS. The van der Waals surface area contributed by atoms with Crippen LogP contribution in [-0.4, -0.2) is 57.9 Å². The molecule has 1 N–H and O–H groups in total. The van der Waals surface area contributed by atoms with Crippen LogP contribution in [0.4, 0.5) is 0 Å². The Labute approximate surface area is 149 Å². The van der Waals surface area contributed by atoms with Gasteiger partial charge in [0.2, 0.25) is 5.91 Å². The van der Waals surface area contributed by atoms with Crippen LogP contribution in [0, 0.1) is 6.92 Å². The molecule has 1 aromatic rings. The van der Waals surface area contributed by atoms with E-state index in [0.717, 1.165) is 29.8 Å². The molecule has 7 heteroatoms. The number of aromatic nitrogens is 1. The lowest BCUT2D eigenvalue weighted by Gasteiger charge is -2.49. The largest absolute Gasteiger partial charge is 0.356 e. The molecule has 1 saturated heterocycles. The van der Waals surface area contributed by atoms with Crippen molar-refractivity contribution in [1.82, 2.24) is 20.1 Å². The summed E-state index contributed by atoms with van der Waals surface area (Å²) in [6.07, 6.45) is 0. The van der Waals surface area contributed by atoms with Crippen molar-refractivity contribution in [2.24, 2.45) is 4.99 Å². The fourth-order valence-corrected chi connectivity index (χ4v) is 4.05. The number of aryl methyl sites for hydroxylation is 1. The lowest BCUT2D eigenvalue weighted by Crippen LogP contribution is -2.66. The molecule has 2 rings (SSSR count). The van der Waals surface area contributed by atoms with Gasteiger partial charge in [0, 0.05) is 30.2 Å². The van der Waals surface area contributed by atoms with Crippen LogP contribution in [0.3, 0.4) is 0 Å². The molecule has 134 valence electrons. The van der Waals surface area contributed by atoms with Gasteiger partial charge >= 0.3 is 0 Å². The lowest BCUT2D eigenvalue weighted by molar-refractivity contribution is -0.145. The van der Waals surface area contributed by atoms with Crippen molar-refractivity contribution in [1.29, 1.82) is 0 Å². The summed E-state index contributed by atoms with van der Waals surface area (Å²) in [4.78, 5) is 25.8. The van der Waals surface area contributed by atoms with Crippen molar-refractivity contribution in [3.63, 3.8) is 0 Å². The summed E-state index contributed by atoms with van der Waals surface area (Å²) in [5.41, 5.74) is 0.800. The van der Waals surface area contributed by atoms with Crippen molar-refractivity contribution in [3.05, 3.63) is 16.1 Å². The molecule has 24 heavy (non-hydrogen) atoms. The van der Waals surface area contributed by atoms with Gasteiger partial charge in [0.15, 0.2) is 5.96 Å². The monoisotopic (exact) mass is 351 g/mol. The van der Waals surface area contributed by atoms with E-state index in [2.05, 4.69) is 42.9 Å². The Balaban J connectivity index is 2.17. The van der Waals surface area contributed by atoms with Gasteiger partial charge in [-0.1, -0.05) is 0 Å². The van der Waals surface area contributed by atoms with E-state index in [-0.39, 0.29) is 17.5 Å². The standard InChI is InChI=1S/C17H29N5OS/c1-7-18-16(19-8-14-20-13(4)10-24-14)21-9-15(23)22(12(2)3)17(5,6)11-21/h10,12H,7-9,11H2,1-6H3,(H,18,19). The number of nitrogens with zero attached hydrogens (tertiary/aromatic N) is 4. The number of thiazole rings is 1. The van der Waals surface area contributed by atoms with Gasteiger partial charge in [-0.05, 0) is 41.5 Å². The van der Waals surface area contributed by atoms with Crippen molar-refractivity contribution >= 4 is 23.2 Å². The average Bonchev–Trinajstić information content (AvgIpc) is 2.86. The van der Waals surface area contributed by atoms with Crippen molar-refractivity contribution < 1.29 is 4.79 Å². The molecule has 1 aromatic heterocycles. The second kappa shape index (κ2) is 7.51. The molecule has 1 aliphatic rings. The van der Waals surface area contributed by atoms with Crippen LogP contribution in [0.25, 0.3) is 0 Å². The number of amides is 1. The number of aliphatic imine (C=N–C) groups is 1. The first-order valence-corrected chi connectivity index (χ1v) is 9.39. The fourth-order valence-electron chi connectivity index (χ4n) is 3.36. The number of hydrogen-bond donors (Lipinski definition) is 1. The highest BCUT2D eigenvalue weighted by Crippen LogP contribution is 2.24. The lowest BCUT2D eigenvalue weighted by atomic mass is 9.96. The van der Waals surface area contributed by atoms with E-state index in [1.807, 2.05) is 24.1 Å². The molecule has 0 bridgehead atoms. The predicted molar refractivity (Wildman–Crippen MR) is 99.3 cm³/mol. The highest BCUT2D eigenvalue weighted by Gasteiger charge is 2.40. The second-order valence-corrected chi connectivity index (χ2v) is 8.02. The minimum atomic E-state index is -0.225. The average molecular weight is 352 g/mol. The van der Waals surface area contributed by atoms with E-state index < -0.39 is 0 Å². The van der Waals surface area contributed by atoms with Crippen LogP contribution in [0.1, 0.15) is 45.3 Å². The van der Waals surface area contributed by atoms with Gasteiger partial charge in [0.1, 0.15) is 5.01 Å². The third kappa shape index (κ3) is 4.26. The maximum Gasteiger partial charge on any atom is 0.242 e. The van der Waals surface area contributed by atoms with E-state index in [0.29, 0.717) is 13.1 Å². The van der Waals surface area contributed by atoms with Crippen LogP contribution in [0.15, 0.2) is 10.4 Å². The number of carbonyl (C=O) groups excluding carboxylic acids is 1. The quantitative estimate of drug-likeness (QED) is 0.668. The highest BCUT2D eigenvalue weighted by molar-refractivity contribution is 7.09. The Morgan fingerprint density at radius 1 is 1.50 bits per heavy atom. The van der Waals surface area contributed by atoms with Crippen LogP contribution in [0.5, 0.6) is 0 Å². The SMILES string of the molecule is CCNC(=NCc1nc(C)cs1)N1CC(=O)N(C(C)C)C(C)(C)C1. The topological polar surface area (TPSA) is 60.8 Å². The van der Waals surface area contributed by atoms with Crippen LogP contribution in [-0.2, 0) is 11.3 Å². The molecule has 0 saturated carbocycles. The van der Waals surface area contributed by atoms with Crippen LogP contribution >= 0.6 is 11.3 Å². The third-order valence-corrected chi connectivity index (χ3v) is 4.96. The van der Waals surface area contributed by atoms with Crippen molar-refractivity contribution in [2.75, 3.05) is 19.6 Å². The molecular weight excluding hydrogens is 322 g/mol.